The Morgan fingerprint density at radius 2 is 1.84 bits per heavy atom. The lowest BCUT2D eigenvalue weighted by molar-refractivity contribution is -0.129. The zero-order chi connectivity index (χ0) is 18.1. The van der Waals surface area contributed by atoms with Gasteiger partial charge in [-0.3, -0.25) is 9.59 Å². The summed E-state index contributed by atoms with van der Waals surface area (Å²) >= 11 is 5.83. The summed E-state index contributed by atoms with van der Waals surface area (Å²) in [5.41, 5.74) is 3.33. The predicted molar refractivity (Wildman–Crippen MR) is 94.9 cm³/mol. The first-order valence-corrected chi connectivity index (χ1v) is 8.00. The molecular weight excluding hydrogens is 345 g/mol. The molecule has 0 heterocycles. The Hall–Kier alpha value is -2.73. The number of hydrazone groups is 1. The molecule has 130 valence electrons. The minimum Gasteiger partial charge on any atom is -0.355 e. The van der Waals surface area contributed by atoms with Gasteiger partial charge in [-0.05, 0) is 24.1 Å². The number of nitrogens with zero attached hydrogens (tertiary/aromatic N) is 1. The lowest BCUT2D eigenvalue weighted by atomic mass is 10.1. The molecule has 2 rings (SSSR count). The molecule has 0 aromatic heterocycles. The van der Waals surface area contributed by atoms with Gasteiger partial charge in [-0.15, -0.1) is 0 Å². The van der Waals surface area contributed by atoms with Gasteiger partial charge in [0.15, 0.2) is 0 Å². The quantitative estimate of drug-likeness (QED) is 0.452. The fourth-order valence-corrected chi connectivity index (χ4v) is 2.25. The molecule has 7 heteroatoms. The zero-order valence-corrected chi connectivity index (χ0v) is 14.1. The molecule has 0 fully saturated rings. The monoisotopic (exact) mass is 361 g/mol. The van der Waals surface area contributed by atoms with E-state index in [1.807, 2.05) is 30.3 Å². The Kier molecular flexibility index (Phi) is 7.10. The zero-order valence-electron chi connectivity index (χ0n) is 13.3. The highest BCUT2D eigenvalue weighted by Gasteiger charge is 2.08. The van der Waals surface area contributed by atoms with E-state index in [2.05, 4.69) is 15.8 Å². The highest BCUT2D eigenvalue weighted by Crippen LogP contribution is 2.16. The van der Waals surface area contributed by atoms with E-state index in [9.17, 15) is 14.0 Å². The molecule has 0 atom stereocenters. The first kappa shape index (κ1) is 18.6. The maximum absolute atomic E-state index is 13.5. The van der Waals surface area contributed by atoms with Gasteiger partial charge in [-0.1, -0.05) is 48.0 Å². The molecule has 0 aliphatic carbocycles. The van der Waals surface area contributed by atoms with E-state index in [-0.39, 0.29) is 17.0 Å². The molecule has 2 N–H and O–H groups in total. The maximum Gasteiger partial charge on any atom is 0.249 e. The Bertz CT molecular complexity index is 746. The van der Waals surface area contributed by atoms with Gasteiger partial charge in [0.1, 0.15) is 12.2 Å². The molecule has 2 aromatic carbocycles. The van der Waals surface area contributed by atoms with Gasteiger partial charge in [0.25, 0.3) is 0 Å². The molecule has 0 radical (unpaired) electrons. The van der Waals surface area contributed by atoms with Crippen LogP contribution in [0.5, 0.6) is 0 Å². The summed E-state index contributed by atoms with van der Waals surface area (Å²) in [6, 6.07) is 13.9. The van der Waals surface area contributed by atoms with Crippen molar-refractivity contribution in [1.82, 2.24) is 10.7 Å². The average molecular weight is 362 g/mol. The summed E-state index contributed by atoms with van der Waals surface area (Å²) in [7, 11) is 0. The summed E-state index contributed by atoms with van der Waals surface area (Å²) in [6.07, 6.45) is 1.41. The van der Waals surface area contributed by atoms with Crippen molar-refractivity contribution in [1.29, 1.82) is 0 Å². The van der Waals surface area contributed by atoms with Gasteiger partial charge in [-0.2, -0.15) is 5.10 Å². The van der Waals surface area contributed by atoms with Crippen molar-refractivity contribution in [2.75, 3.05) is 6.54 Å². The Labute approximate surface area is 149 Å². The van der Waals surface area contributed by atoms with Gasteiger partial charge in [0, 0.05) is 12.1 Å². The molecule has 2 aromatic rings. The number of hydrogen-bond donors (Lipinski definition) is 2. The van der Waals surface area contributed by atoms with Crippen LogP contribution in [-0.2, 0) is 16.0 Å². The summed E-state index contributed by atoms with van der Waals surface area (Å²) in [5.74, 6) is -1.56. The molecule has 0 bridgehead atoms. The van der Waals surface area contributed by atoms with E-state index in [0.717, 1.165) is 11.8 Å². The second kappa shape index (κ2) is 9.54. The van der Waals surface area contributed by atoms with Crippen LogP contribution in [0.1, 0.15) is 17.5 Å². The number of hydrogen-bond acceptors (Lipinski definition) is 3. The van der Waals surface area contributed by atoms with Gasteiger partial charge in [-0.25, -0.2) is 9.82 Å². The van der Waals surface area contributed by atoms with Crippen LogP contribution in [0.2, 0.25) is 5.02 Å². The standard InChI is InChI=1S/C18H17ClFN3O2/c19-15-7-4-8-16(20)14(15)12-22-23-18(25)11-17(24)21-10-9-13-5-2-1-3-6-13/h1-8,12H,9-11H2,(H,21,24)(H,23,25)/b22-12-. The minimum absolute atomic E-state index is 0.0665. The Balaban J connectivity index is 1.72. The number of halogens is 2. The molecule has 0 unspecified atom stereocenters. The molecular formula is C18H17ClFN3O2. The molecule has 0 spiro atoms. The highest BCUT2D eigenvalue weighted by atomic mass is 35.5. The highest BCUT2D eigenvalue weighted by molar-refractivity contribution is 6.33. The van der Waals surface area contributed by atoms with Crippen LogP contribution >= 0.6 is 11.6 Å². The van der Waals surface area contributed by atoms with Crippen LogP contribution in [0.4, 0.5) is 4.39 Å². The number of amides is 2. The number of rotatable bonds is 7. The SMILES string of the molecule is O=C(CC(=O)N/N=C\c1c(F)cccc1Cl)NCCc1ccccc1. The number of carbonyl (C=O) groups excluding carboxylic acids is 2. The molecule has 5 nitrogen and oxygen atoms in total. The van der Waals surface area contributed by atoms with Crippen molar-refractivity contribution in [2.24, 2.45) is 5.10 Å². The van der Waals surface area contributed by atoms with Crippen LogP contribution in [0.15, 0.2) is 53.6 Å². The minimum atomic E-state index is -0.596. The third kappa shape index (κ3) is 6.35. The number of carbonyl (C=O) groups is 2. The molecule has 25 heavy (non-hydrogen) atoms. The van der Waals surface area contributed by atoms with Crippen molar-refractivity contribution < 1.29 is 14.0 Å². The molecule has 0 saturated carbocycles. The van der Waals surface area contributed by atoms with Gasteiger partial charge in [0.05, 0.1) is 11.2 Å². The summed E-state index contributed by atoms with van der Waals surface area (Å²) in [5, 5.41) is 6.45. The summed E-state index contributed by atoms with van der Waals surface area (Å²) in [6.45, 7) is 0.435. The van der Waals surface area contributed by atoms with E-state index in [4.69, 9.17) is 11.6 Å². The van der Waals surface area contributed by atoms with E-state index >= 15 is 0 Å². The van der Waals surface area contributed by atoms with Gasteiger partial charge >= 0.3 is 0 Å². The Morgan fingerprint density at radius 3 is 2.56 bits per heavy atom. The third-order valence-electron chi connectivity index (χ3n) is 3.28. The lowest BCUT2D eigenvalue weighted by Crippen LogP contribution is -2.31. The van der Waals surface area contributed by atoms with Crippen molar-refractivity contribution >= 4 is 29.6 Å². The maximum atomic E-state index is 13.5. The van der Waals surface area contributed by atoms with Crippen LogP contribution < -0.4 is 10.7 Å². The van der Waals surface area contributed by atoms with Crippen molar-refractivity contribution in [3.63, 3.8) is 0 Å². The fourth-order valence-electron chi connectivity index (χ4n) is 2.04. The second-order valence-electron chi connectivity index (χ2n) is 5.19. The summed E-state index contributed by atoms with van der Waals surface area (Å²) in [4.78, 5) is 23.3. The van der Waals surface area contributed by atoms with E-state index in [1.54, 1.807) is 0 Å². The van der Waals surface area contributed by atoms with Crippen LogP contribution in [0, 0.1) is 5.82 Å². The lowest BCUT2D eigenvalue weighted by Gasteiger charge is -2.05. The normalized spacial score (nSPS) is 10.6. The molecule has 0 saturated heterocycles. The predicted octanol–water partition coefficient (Wildman–Crippen LogP) is 2.68. The van der Waals surface area contributed by atoms with Crippen molar-refractivity contribution in [3.05, 3.63) is 70.5 Å². The van der Waals surface area contributed by atoms with E-state index < -0.39 is 17.6 Å². The number of nitrogens with one attached hydrogen (secondary N) is 2. The summed E-state index contributed by atoms with van der Waals surface area (Å²) < 4.78 is 13.5. The van der Waals surface area contributed by atoms with Gasteiger partial charge in [0.2, 0.25) is 11.8 Å². The number of benzene rings is 2. The fraction of sp³-hybridized carbons (Fsp3) is 0.167. The van der Waals surface area contributed by atoms with Crippen molar-refractivity contribution in [2.45, 2.75) is 12.8 Å². The third-order valence-corrected chi connectivity index (χ3v) is 3.61. The second-order valence-corrected chi connectivity index (χ2v) is 5.60. The van der Waals surface area contributed by atoms with E-state index in [1.165, 1.54) is 18.2 Å². The largest absolute Gasteiger partial charge is 0.355 e. The van der Waals surface area contributed by atoms with Gasteiger partial charge < -0.3 is 5.32 Å². The Morgan fingerprint density at radius 1 is 1.08 bits per heavy atom. The van der Waals surface area contributed by atoms with Crippen LogP contribution in [0.25, 0.3) is 0 Å². The smallest absolute Gasteiger partial charge is 0.249 e. The van der Waals surface area contributed by atoms with E-state index in [0.29, 0.717) is 13.0 Å². The molecule has 0 aliphatic heterocycles. The first-order valence-electron chi connectivity index (χ1n) is 7.63. The first-order chi connectivity index (χ1) is 12.1. The molecule has 0 aliphatic rings. The van der Waals surface area contributed by atoms with Crippen LogP contribution in [0.3, 0.4) is 0 Å². The van der Waals surface area contributed by atoms with Crippen LogP contribution in [-0.4, -0.2) is 24.6 Å². The average Bonchev–Trinajstić information content (AvgIpc) is 2.58. The topological polar surface area (TPSA) is 70.6 Å². The van der Waals surface area contributed by atoms with Crippen molar-refractivity contribution in [3.8, 4) is 0 Å². The molecule has 2 amide bonds.